The molecule has 0 fully saturated rings. The summed E-state index contributed by atoms with van der Waals surface area (Å²) in [5.41, 5.74) is 0.809. The van der Waals surface area contributed by atoms with Gasteiger partial charge in [-0.15, -0.1) is 5.10 Å². The van der Waals surface area contributed by atoms with Crippen LogP contribution in [0.25, 0.3) is 10.9 Å². The van der Waals surface area contributed by atoms with Gasteiger partial charge in [-0.05, 0) is 18.6 Å². The van der Waals surface area contributed by atoms with Crippen molar-refractivity contribution in [3.63, 3.8) is 0 Å². The van der Waals surface area contributed by atoms with Gasteiger partial charge in [0.25, 0.3) is 5.56 Å². The van der Waals surface area contributed by atoms with Crippen LogP contribution in [0.2, 0.25) is 0 Å². The van der Waals surface area contributed by atoms with Crippen molar-refractivity contribution < 1.29 is 4.79 Å². The number of carbonyl (C=O) groups excluding carboxylic acids is 1. The first-order valence-corrected chi connectivity index (χ1v) is 7.16. The lowest BCUT2D eigenvalue weighted by Crippen LogP contribution is -2.32. The largest absolute Gasteiger partial charge is 0.292 e. The summed E-state index contributed by atoms with van der Waals surface area (Å²) in [5, 5.41) is 8.47. The SMILES string of the molecule is CCC(C(=O)c1ccccc1)n1nnc2ccccc2c1=O. The number of nitrogens with zero attached hydrogens (tertiary/aromatic N) is 3. The van der Waals surface area contributed by atoms with E-state index in [1.54, 1.807) is 48.5 Å². The number of hydrogen-bond acceptors (Lipinski definition) is 4. The van der Waals surface area contributed by atoms with Gasteiger partial charge in [0.1, 0.15) is 11.6 Å². The van der Waals surface area contributed by atoms with Crippen molar-refractivity contribution in [2.45, 2.75) is 19.4 Å². The zero-order valence-corrected chi connectivity index (χ0v) is 12.1. The van der Waals surface area contributed by atoms with E-state index in [2.05, 4.69) is 10.3 Å². The van der Waals surface area contributed by atoms with Crippen LogP contribution in [0.3, 0.4) is 0 Å². The first kappa shape index (κ1) is 14.1. The molecule has 0 bridgehead atoms. The molecule has 2 aromatic carbocycles. The van der Waals surface area contributed by atoms with Crippen LogP contribution in [-0.2, 0) is 0 Å². The number of fused-ring (bicyclic) bond motifs is 1. The Balaban J connectivity index is 2.10. The highest BCUT2D eigenvalue weighted by atomic mass is 16.1. The second-order valence-corrected chi connectivity index (χ2v) is 5.01. The van der Waals surface area contributed by atoms with Crippen molar-refractivity contribution in [2.24, 2.45) is 0 Å². The predicted molar refractivity (Wildman–Crippen MR) is 83.9 cm³/mol. The summed E-state index contributed by atoms with van der Waals surface area (Å²) in [6.07, 6.45) is 0.473. The molecule has 1 aromatic heterocycles. The monoisotopic (exact) mass is 293 g/mol. The van der Waals surface area contributed by atoms with Crippen LogP contribution < -0.4 is 5.56 Å². The molecule has 1 atom stereocenters. The van der Waals surface area contributed by atoms with Gasteiger partial charge in [-0.3, -0.25) is 9.59 Å². The summed E-state index contributed by atoms with van der Waals surface area (Å²) in [5.74, 6) is -0.130. The molecule has 0 saturated heterocycles. The summed E-state index contributed by atoms with van der Waals surface area (Å²) < 4.78 is 1.19. The summed E-state index contributed by atoms with van der Waals surface area (Å²) in [6.45, 7) is 1.86. The summed E-state index contributed by atoms with van der Waals surface area (Å²) >= 11 is 0. The molecule has 3 rings (SSSR count). The van der Waals surface area contributed by atoms with E-state index in [0.717, 1.165) is 0 Å². The Labute approximate surface area is 127 Å². The summed E-state index contributed by atoms with van der Waals surface area (Å²) in [4.78, 5) is 25.2. The van der Waals surface area contributed by atoms with Crippen LogP contribution in [0.1, 0.15) is 29.7 Å². The number of hydrogen-bond donors (Lipinski definition) is 0. The predicted octanol–water partition coefficient (Wildman–Crippen LogP) is 2.63. The van der Waals surface area contributed by atoms with E-state index in [0.29, 0.717) is 22.9 Å². The lowest BCUT2D eigenvalue weighted by Gasteiger charge is -2.15. The van der Waals surface area contributed by atoms with E-state index in [4.69, 9.17) is 0 Å². The normalized spacial score (nSPS) is 12.2. The molecule has 0 N–H and O–H groups in total. The van der Waals surface area contributed by atoms with Crippen molar-refractivity contribution in [1.29, 1.82) is 0 Å². The van der Waals surface area contributed by atoms with Crippen LogP contribution in [0.4, 0.5) is 0 Å². The van der Waals surface area contributed by atoms with Crippen molar-refractivity contribution in [1.82, 2.24) is 15.0 Å². The Morgan fingerprint density at radius 1 is 1.09 bits per heavy atom. The van der Waals surface area contributed by atoms with Crippen molar-refractivity contribution in [3.8, 4) is 0 Å². The minimum atomic E-state index is -0.646. The summed E-state index contributed by atoms with van der Waals surface area (Å²) in [7, 11) is 0. The number of aromatic nitrogens is 3. The second kappa shape index (κ2) is 5.89. The fourth-order valence-corrected chi connectivity index (χ4v) is 2.47. The van der Waals surface area contributed by atoms with Gasteiger partial charge in [0.2, 0.25) is 0 Å². The molecular formula is C17H15N3O2. The molecule has 110 valence electrons. The standard InChI is InChI=1S/C17H15N3O2/c1-2-15(16(21)12-8-4-3-5-9-12)20-17(22)13-10-6-7-11-14(13)18-19-20/h3-11,15H,2H2,1H3. The molecule has 0 amide bonds. The number of rotatable bonds is 4. The van der Waals surface area contributed by atoms with Gasteiger partial charge in [0, 0.05) is 5.56 Å². The topological polar surface area (TPSA) is 64.8 Å². The lowest BCUT2D eigenvalue weighted by molar-refractivity contribution is 0.0909. The quantitative estimate of drug-likeness (QED) is 0.694. The Morgan fingerprint density at radius 2 is 1.77 bits per heavy atom. The Kier molecular flexibility index (Phi) is 3.78. The van der Waals surface area contributed by atoms with Gasteiger partial charge in [0.05, 0.1) is 5.39 Å². The molecule has 0 radical (unpaired) electrons. The van der Waals surface area contributed by atoms with Crippen molar-refractivity contribution in [2.75, 3.05) is 0 Å². The van der Waals surface area contributed by atoms with E-state index >= 15 is 0 Å². The molecule has 0 aliphatic carbocycles. The molecule has 0 saturated carbocycles. The number of benzene rings is 2. The molecule has 0 aliphatic rings. The molecule has 22 heavy (non-hydrogen) atoms. The maximum Gasteiger partial charge on any atom is 0.278 e. The lowest BCUT2D eigenvalue weighted by atomic mass is 10.0. The fourth-order valence-electron chi connectivity index (χ4n) is 2.47. The molecule has 5 heteroatoms. The minimum absolute atomic E-state index is 0.130. The van der Waals surface area contributed by atoms with Gasteiger partial charge < -0.3 is 0 Å². The molecule has 3 aromatic rings. The highest BCUT2D eigenvalue weighted by Crippen LogP contribution is 2.16. The molecule has 1 heterocycles. The smallest absolute Gasteiger partial charge is 0.278 e. The molecule has 0 aliphatic heterocycles. The number of Topliss-reactive ketones (excluding diaryl/α,β-unsaturated/α-hetero) is 1. The first-order chi connectivity index (χ1) is 10.7. The van der Waals surface area contributed by atoms with Crippen LogP contribution in [0, 0.1) is 0 Å². The third kappa shape index (κ3) is 2.41. The zero-order valence-electron chi connectivity index (χ0n) is 12.1. The van der Waals surface area contributed by atoms with E-state index in [9.17, 15) is 9.59 Å². The van der Waals surface area contributed by atoms with Crippen molar-refractivity contribution >= 4 is 16.7 Å². The highest BCUT2D eigenvalue weighted by molar-refractivity contribution is 5.99. The van der Waals surface area contributed by atoms with Crippen molar-refractivity contribution in [3.05, 3.63) is 70.5 Å². The van der Waals surface area contributed by atoms with Gasteiger partial charge in [0.15, 0.2) is 5.78 Å². The Hall–Kier alpha value is -2.82. The average molecular weight is 293 g/mol. The Morgan fingerprint density at radius 3 is 2.50 bits per heavy atom. The fraction of sp³-hybridized carbons (Fsp3) is 0.176. The van der Waals surface area contributed by atoms with Crippen LogP contribution in [0.15, 0.2) is 59.4 Å². The maximum absolute atomic E-state index is 12.6. The summed E-state index contributed by atoms with van der Waals surface area (Å²) in [6, 6.07) is 15.3. The van der Waals surface area contributed by atoms with Gasteiger partial charge in [-0.1, -0.05) is 54.6 Å². The number of ketones is 1. The van der Waals surface area contributed by atoms with Crippen LogP contribution >= 0.6 is 0 Å². The zero-order chi connectivity index (χ0) is 15.5. The number of carbonyl (C=O) groups is 1. The van der Waals surface area contributed by atoms with E-state index in [1.807, 2.05) is 13.0 Å². The van der Waals surface area contributed by atoms with Gasteiger partial charge in [-0.2, -0.15) is 4.68 Å². The van der Waals surface area contributed by atoms with Crippen LogP contribution in [0.5, 0.6) is 0 Å². The second-order valence-electron chi connectivity index (χ2n) is 5.01. The highest BCUT2D eigenvalue weighted by Gasteiger charge is 2.23. The average Bonchev–Trinajstić information content (AvgIpc) is 2.58. The van der Waals surface area contributed by atoms with E-state index in [1.165, 1.54) is 4.68 Å². The third-order valence-corrected chi connectivity index (χ3v) is 3.63. The van der Waals surface area contributed by atoms with Gasteiger partial charge >= 0.3 is 0 Å². The molecule has 0 spiro atoms. The van der Waals surface area contributed by atoms with E-state index < -0.39 is 6.04 Å². The first-order valence-electron chi connectivity index (χ1n) is 7.16. The van der Waals surface area contributed by atoms with E-state index in [-0.39, 0.29) is 11.3 Å². The minimum Gasteiger partial charge on any atom is -0.292 e. The van der Waals surface area contributed by atoms with Gasteiger partial charge in [-0.25, -0.2) is 0 Å². The molecule has 1 unspecified atom stereocenters. The molecular weight excluding hydrogens is 278 g/mol. The third-order valence-electron chi connectivity index (χ3n) is 3.63. The van der Waals surface area contributed by atoms with Crippen LogP contribution in [-0.4, -0.2) is 20.8 Å². The molecule has 5 nitrogen and oxygen atoms in total. The maximum atomic E-state index is 12.6. The Bertz CT molecular complexity index is 872.